The number of ether oxygens (including phenoxy) is 2. The van der Waals surface area contributed by atoms with Gasteiger partial charge < -0.3 is 19.7 Å². The first-order valence-electron chi connectivity index (χ1n) is 3.73. The van der Waals surface area contributed by atoms with E-state index in [0.29, 0.717) is 13.0 Å². The fourth-order valence-corrected chi connectivity index (χ4v) is 1.27. The third-order valence-electron chi connectivity index (χ3n) is 1.95. The molecule has 0 aromatic rings. The summed E-state index contributed by atoms with van der Waals surface area (Å²) >= 11 is 0. The van der Waals surface area contributed by atoms with E-state index >= 15 is 0 Å². The summed E-state index contributed by atoms with van der Waals surface area (Å²) in [5, 5.41) is 18.1. The van der Waals surface area contributed by atoms with E-state index in [4.69, 9.17) is 14.6 Å². The molecule has 0 radical (unpaired) electrons. The van der Waals surface area contributed by atoms with Crippen LogP contribution in [0.3, 0.4) is 0 Å². The molecular formula is C7H14O4. The summed E-state index contributed by atoms with van der Waals surface area (Å²) in [5.74, 6) is 0. The van der Waals surface area contributed by atoms with Crippen molar-refractivity contribution in [2.75, 3.05) is 20.3 Å². The van der Waals surface area contributed by atoms with Crippen molar-refractivity contribution in [3.63, 3.8) is 0 Å². The monoisotopic (exact) mass is 162 g/mol. The molecule has 4 heteroatoms. The first kappa shape index (κ1) is 8.93. The Balaban J connectivity index is 2.43. The number of aliphatic hydroxyl groups is 2. The Labute approximate surface area is 65.7 Å². The molecular weight excluding hydrogens is 148 g/mol. The SMILES string of the molecule is COC(CO)[C@@H]1OCC[C@H]1O. The number of aliphatic hydroxyl groups excluding tert-OH is 2. The van der Waals surface area contributed by atoms with Gasteiger partial charge in [-0.05, 0) is 6.42 Å². The number of hydrogen-bond donors (Lipinski definition) is 2. The van der Waals surface area contributed by atoms with Crippen LogP contribution in [0.1, 0.15) is 6.42 Å². The van der Waals surface area contributed by atoms with E-state index in [1.807, 2.05) is 0 Å². The smallest absolute Gasteiger partial charge is 0.112 e. The Morgan fingerprint density at radius 2 is 2.45 bits per heavy atom. The summed E-state index contributed by atoms with van der Waals surface area (Å²) in [6.45, 7) is 0.434. The van der Waals surface area contributed by atoms with Crippen LogP contribution in [-0.4, -0.2) is 48.8 Å². The molecule has 0 aromatic carbocycles. The average molecular weight is 162 g/mol. The zero-order valence-electron chi connectivity index (χ0n) is 6.56. The van der Waals surface area contributed by atoms with Crippen LogP contribution in [0.4, 0.5) is 0 Å². The average Bonchev–Trinajstić information content (AvgIpc) is 2.40. The van der Waals surface area contributed by atoms with Crippen molar-refractivity contribution in [2.24, 2.45) is 0 Å². The fourth-order valence-electron chi connectivity index (χ4n) is 1.27. The van der Waals surface area contributed by atoms with Crippen molar-refractivity contribution in [3.05, 3.63) is 0 Å². The molecule has 0 saturated carbocycles. The number of rotatable bonds is 3. The fraction of sp³-hybridized carbons (Fsp3) is 1.00. The Hall–Kier alpha value is -0.160. The molecule has 2 N–H and O–H groups in total. The summed E-state index contributed by atoms with van der Waals surface area (Å²) in [7, 11) is 1.50. The highest BCUT2D eigenvalue weighted by molar-refractivity contribution is 4.82. The summed E-state index contributed by atoms with van der Waals surface area (Å²) in [5.41, 5.74) is 0. The van der Waals surface area contributed by atoms with E-state index in [-0.39, 0.29) is 12.7 Å². The van der Waals surface area contributed by atoms with Gasteiger partial charge in [0.25, 0.3) is 0 Å². The third-order valence-corrected chi connectivity index (χ3v) is 1.95. The predicted octanol–water partition coefficient (Wildman–Crippen LogP) is -0.857. The molecule has 1 fully saturated rings. The highest BCUT2D eigenvalue weighted by Gasteiger charge is 2.33. The van der Waals surface area contributed by atoms with Gasteiger partial charge in [-0.2, -0.15) is 0 Å². The van der Waals surface area contributed by atoms with Crippen LogP contribution in [0.25, 0.3) is 0 Å². The minimum absolute atomic E-state index is 0.113. The first-order chi connectivity index (χ1) is 5.29. The largest absolute Gasteiger partial charge is 0.394 e. The van der Waals surface area contributed by atoms with Crippen molar-refractivity contribution >= 4 is 0 Å². The Kier molecular flexibility index (Phi) is 3.26. The lowest BCUT2D eigenvalue weighted by Gasteiger charge is -2.21. The van der Waals surface area contributed by atoms with Crippen molar-refractivity contribution in [3.8, 4) is 0 Å². The van der Waals surface area contributed by atoms with Crippen molar-refractivity contribution < 1.29 is 19.7 Å². The van der Waals surface area contributed by atoms with Crippen molar-refractivity contribution in [2.45, 2.75) is 24.7 Å². The highest BCUT2D eigenvalue weighted by atomic mass is 16.6. The molecule has 0 bridgehead atoms. The molecule has 3 atom stereocenters. The molecule has 4 nitrogen and oxygen atoms in total. The molecule has 1 aliphatic rings. The van der Waals surface area contributed by atoms with Crippen LogP contribution in [0.5, 0.6) is 0 Å². The lowest BCUT2D eigenvalue weighted by Crippen LogP contribution is -2.38. The van der Waals surface area contributed by atoms with Crippen LogP contribution in [0.2, 0.25) is 0 Å². The summed E-state index contributed by atoms with van der Waals surface area (Å²) in [6.07, 6.45) is -0.616. The van der Waals surface area contributed by atoms with E-state index < -0.39 is 12.2 Å². The minimum Gasteiger partial charge on any atom is -0.394 e. The highest BCUT2D eigenvalue weighted by Crippen LogP contribution is 2.17. The van der Waals surface area contributed by atoms with Gasteiger partial charge in [0.05, 0.1) is 12.7 Å². The second kappa shape index (κ2) is 4.01. The summed E-state index contributed by atoms with van der Waals surface area (Å²) in [4.78, 5) is 0. The molecule has 1 unspecified atom stereocenters. The maximum Gasteiger partial charge on any atom is 0.112 e. The van der Waals surface area contributed by atoms with E-state index in [1.54, 1.807) is 0 Å². The Bertz CT molecular complexity index is 113. The first-order valence-corrected chi connectivity index (χ1v) is 3.73. The quantitative estimate of drug-likeness (QED) is 0.567. The van der Waals surface area contributed by atoms with Gasteiger partial charge in [0, 0.05) is 13.7 Å². The van der Waals surface area contributed by atoms with Crippen LogP contribution in [-0.2, 0) is 9.47 Å². The minimum atomic E-state index is -0.493. The Morgan fingerprint density at radius 1 is 1.73 bits per heavy atom. The van der Waals surface area contributed by atoms with Gasteiger partial charge in [0.15, 0.2) is 0 Å². The Morgan fingerprint density at radius 3 is 2.82 bits per heavy atom. The van der Waals surface area contributed by atoms with Crippen LogP contribution in [0, 0.1) is 0 Å². The number of hydrogen-bond acceptors (Lipinski definition) is 4. The van der Waals surface area contributed by atoms with Gasteiger partial charge in [-0.1, -0.05) is 0 Å². The van der Waals surface area contributed by atoms with E-state index in [1.165, 1.54) is 7.11 Å². The lowest BCUT2D eigenvalue weighted by molar-refractivity contribution is -0.0824. The molecule has 0 aromatic heterocycles. The van der Waals surface area contributed by atoms with Crippen molar-refractivity contribution in [1.29, 1.82) is 0 Å². The van der Waals surface area contributed by atoms with Crippen LogP contribution >= 0.6 is 0 Å². The van der Waals surface area contributed by atoms with Gasteiger partial charge >= 0.3 is 0 Å². The second-order valence-corrected chi connectivity index (χ2v) is 2.65. The van der Waals surface area contributed by atoms with Gasteiger partial charge in [0.1, 0.15) is 12.2 Å². The topological polar surface area (TPSA) is 58.9 Å². The molecule has 0 amide bonds. The zero-order valence-corrected chi connectivity index (χ0v) is 6.56. The van der Waals surface area contributed by atoms with Gasteiger partial charge in [-0.25, -0.2) is 0 Å². The molecule has 1 heterocycles. The van der Waals surface area contributed by atoms with E-state index in [2.05, 4.69) is 0 Å². The van der Waals surface area contributed by atoms with E-state index in [0.717, 1.165) is 0 Å². The summed E-state index contributed by atoms with van der Waals surface area (Å²) in [6, 6.07) is 0. The maximum absolute atomic E-state index is 9.31. The van der Waals surface area contributed by atoms with Crippen molar-refractivity contribution in [1.82, 2.24) is 0 Å². The van der Waals surface area contributed by atoms with E-state index in [9.17, 15) is 5.11 Å². The van der Waals surface area contributed by atoms with Gasteiger partial charge in [-0.15, -0.1) is 0 Å². The van der Waals surface area contributed by atoms with Crippen LogP contribution in [0.15, 0.2) is 0 Å². The lowest BCUT2D eigenvalue weighted by atomic mass is 10.1. The second-order valence-electron chi connectivity index (χ2n) is 2.65. The van der Waals surface area contributed by atoms with Gasteiger partial charge in [-0.3, -0.25) is 0 Å². The molecule has 0 aliphatic carbocycles. The molecule has 1 saturated heterocycles. The predicted molar refractivity (Wildman–Crippen MR) is 38.2 cm³/mol. The molecule has 0 spiro atoms. The third kappa shape index (κ3) is 1.90. The standard InChI is InChI=1S/C7H14O4/c1-10-6(4-8)7-5(9)2-3-11-7/h5-9H,2-4H2,1H3/t5-,6?,7-/m1/s1. The molecule has 1 rings (SSSR count). The van der Waals surface area contributed by atoms with Crippen LogP contribution < -0.4 is 0 Å². The normalized spacial score (nSPS) is 34.1. The number of methoxy groups -OCH3 is 1. The van der Waals surface area contributed by atoms with Gasteiger partial charge in [0.2, 0.25) is 0 Å². The summed E-state index contributed by atoms with van der Waals surface area (Å²) < 4.78 is 10.1. The molecule has 11 heavy (non-hydrogen) atoms. The molecule has 66 valence electrons. The maximum atomic E-state index is 9.31. The molecule has 1 aliphatic heterocycles. The zero-order chi connectivity index (χ0) is 8.27.